The molecule has 1 saturated heterocycles. The fraction of sp³-hybridized carbons (Fsp3) is 0.543. The first kappa shape index (κ1) is 39.4. The van der Waals surface area contributed by atoms with Crippen molar-refractivity contribution in [2.75, 3.05) is 39.8 Å². The Bertz CT molecular complexity index is 1580. The van der Waals surface area contributed by atoms with E-state index in [4.69, 9.17) is 4.74 Å². The molecule has 2 aliphatic rings. The summed E-state index contributed by atoms with van der Waals surface area (Å²) in [6.45, 7) is 6.66. The lowest BCUT2D eigenvalue weighted by Gasteiger charge is -2.39. The number of nitrogens with one attached hydrogen (secondary N) is 4. The highest BCUT2D eigenvalue weighted by Gasteiger charge is 2.42. The average molecular weight is 746 g/mol. The zero-order valence-electron chi connectivity index (χ0n) is 28.9. The van der Waals surface area contributed by atoms with Crippen molar-refractivity contribution >= 4 is 58.7 Å². The number of carbonyl (C=O) groups is 4. The Morgan fingerprint density at radius 3 is 2.22 bits per heavy atom. The van der Waals surface area contributed by atoms with Crippen LogP contribution in [0.3, 0.4) is 0 Å². The highest BCUT2D eigenvalue weighted by atomic mass is 35.5. The van der Waals surface area contributed by atoms with Gasteiger partial charge in [0.1, 0.15) is 27.0 Å². The van der Waals surface area contributed by atoms with Crippen molar-refractivity contribution in [3.63, 3.8) is 0 Å². The minimum absolute atomic E-state index is 0. The van der Waals surface area contributed by atoms with E-state index < -0.39 is 11.6 Å². The Morgan fingerprint density at radius 2 is 1.56 bits per heavy atom. The third-order valence-electron chi connectivity index (χ3n) is 8.94. The van der Waals surface area contributed by atoms with Gasteiger partial charge < -0.3 is 30.9 Å². The Hall–Kier alpha value is -3.43. The molecule has 0 saturated carbocycles. The maximum atomic E-state index is 13.9. The van der Waals surface area contributed by atoms with Gasteiger partial charge in [0.15, 0.2) is 0 Å². The van der Waals surface area contributed by atoms with Crippen molar-refractivity contribution in [3.05, 3.63) is 68.1 Å². The number of rotatable bonds is 6. The van der Waals surface area contributed by atoms with E-state index in [0.717, 1.165) is 5.56 Å². The predicted molar refractivity (Wildman–Crippen MR) is 197 cm³/mol. The number of ether oxygens (including phenoxy) is 1. The van der Waals surface area contributed by atoms with Crippen molar-refractivity contribution in [2.24, 2.45) is 5.92 Å². The number of aromatic nitrogens is 2. The van der Waals surface area contributed by atoms with Crippen LogP contribution in [-0.4, -0.2) is 83.9 Å². The van der Waals surface area contributed by atoms with Crippen LogP contribution in [0.1, 0.15) is 101 Å². The maximum Gasteiger partial charge on any atom is 0.271 e. The highest BCUT2D eigenvalue weighted by Crippen LogP contribution is 2.28. The summed E-state index contributed by atoms with van der Waals surface area (Å²) in [5.41, 5.74) is 0.640. The van der Waals surface area contributed by atoms with Gasteiger partial charge in [-0.3, -0.25) is 19.2 Å². The number of carbonyl (C=O) groups excluding carboxylic acids is 4. The van der Waals surface area contributed by atoms with Crippen LogP contribution in [0.15, 0.2) is 41.1 Å². The second kappa shape index (κ2) is 18.7. The molecule has 50 heavy (non-hydrogen) atoms. The molecule has 2 atom stereocenters. The van der Waals surface area contributed by atoms with E-state index >= 15 is 0 Å². The number of nitrogens with zero attached hydrogens (tertiary/aromatic N) is 3. The molecule has 4 bridgehead atoms. The fourth-order valence-electron chi connectivity index (χ4n) is 6.28. The zero-order valence-corrected chi connectivity index (χ0v) is 31.3. The summed E-state index contributed by atoms with van der Waals surface area (Å²) in [6, 6.07) is 8.95. The molecule has 4 N–H and O–H groups in total. The molecule has 0 aliphatic carbocycles. The normalized spacial score (nSPS) is 20.9. The number of amides is 4. The second-order valence-electron chi connectivity index (χ2n) is 13.1. The summed E-state index contributed by atoms with van der Waals surface area (Å²) in [5.74, 6) is -0.615. The fourth-order valence-corrected chi connectivity index (χ4v) is 7.99. The molecule has 4 amide bonds. The van der Waals surface area contributed by atoms with Crippen LogP contribution < -0.4 is 21.3 Å². The lowest BCUT2D eigenvalue weighted by Crippen LogP contribution is -2.55. The number of thiazole rings is 2. The second-order valence-corrected chi connectivity index (χ2v) is 14.8. The van der Waals surface area contributed by atoms with Gasteiger partial charge in [0.2, 0.25) is 5.91 Å². The molecule has 1 aromatic carbocycles. The molecular weight excluding hydrogens is 698 g/mol. The summed E-state index contributed by atoms with van der Waals surface area (Å²) in [6.07, 6.45) is 3.49. The van der Waals surface area contributed by atoms with E-state index in [2.05, 4.69) is 45.1 Å². The number of hydrogen-bond donors (Lipinski definition) is 4. The van der Waals surface area contributed by atoms with Gasteiger partial charge in [0.05, 0.1) is 12.1 Å². The first-order chi connectivity index (χ1) is 23.7. The molecule has 15 heteroatoms. The average Bonchev–Trinajstić information content (AvgIpc) is 3.80. The molecule has 12 nitrogen and oxygen atoms in total. The van der Waals surface area contributed by atoms with Gasteiger partial charge in [-0.05, 0) is 63.1 Å². The van der Waals surface area contributed by atoms with Gasteiger partial charge in [0.25, 0.3) is 17.7 Å². The van der Waals surface area contributed by atoms with E-state index in [1.807, 2.05) is 30.3 Å². The molecule has 2 aromatic heterocycles. The summed E-state index contributed by atoms with van der Waals surface area (Å²) in [4.78, 5) is 65.0. The Labute approximate surface area is 308 Å². The van der Waals surface area contributed by atoms with Crippen LogP contribution in [0.4, 0.5) is 0 Å². The largest absolute Gasteiger partial charge is 0.368 e. The summed E-state index contributed by atoms with van der Waals surface area (Å²) >= 11 is 2.66. The number of methoxy groups -OCH3 is 1. The van der Waals surface area contributed by atoms with Gasteiger partial charge in [-0.1, -0.05) is 44.2 Å². The summed E-state index contributed by atoms with van der Waals surface area (Å²) in [7, 11) is 1.58. The van der Waals surface area contributed by atoms with Crippen LogP contribution in [-0.2, 0) is 20.7 Å². The molecule has 5 rings (SSSR count). The lowest BCUT2D eigenvalue weighted by molar-refractivity contribution is -0.158. The topological polar surface area (TPSA) is 155 Å². The van der Waals surface area contributed by atoms with Gasteiger partial charge in [-0.15, -0.1) is 35.1 Å². The first-order valence-corrected chi connectivity index (χ1v) is 18.8. The van der Waals surface area contributed by atoms with Crippen LogP contribution in [0, 0.1) is 5.92 Å². The van der Waals surface area contributed by atoms with Crippen molar-refractivity contribution < 1.29 is 23.9 Å². The number of hydrogen-bond acceptors (Lipinski definition) is 10. The predicted octanol–water partition coefficient (Wildman–Crippen LogP) is 4.45. The van der Waals surface area contributed by atoms with E-state index in [1.54, 1.807) is 22.8 Å². The van der Waals surface area contributed by atoms with E-state index in [-0.39, 0.29) is 65.8 Å². The number of benzene rings is 1. The molecule has 4 heterocycles. The van der Waals surface area contributed by atoms with Crippen LogP contribution >= 0.6 is 35.1 Å². The third kappa shape index (κ3) is 10.3. The Balaban J connectivity index is 0.00000562. The SMILES string of the molecule is COC1(C(=O)N2CCCNC(=O)c3csc(n3)[C@H](Cc3ccccc3)NC(=O)c3csc(n3)[C@H](CC(C)C)NC(=O)CCC2)CCNCC1.Cl. The molecule has 3 aromatic rings. The lowest BCUT2D eigenvalue weighted by atomic mass is 9.90. The monoisotopic (exact) mass is 745 g/mol. The minimum atomic E-state index is -0.910. The number of halogens is 1. The molecule has 272 valence electrons. The smallest absolute Gasteiger partial charge is 0.271 e. The highest BCUT2D eigenvalue weighted by molar-refractivity contribution is 7.10. The summed E-state index contributed by atoms with van der Waals surface area (Å²) < 4.78 is 5.84. The van der Waals surface area contributed by atoms with Crippen molar-refractivity contribution in [1.82, 2.24) is 36.1 Å². The quantitative estimate of drug-likeness (QED) is 0.289. The molecule has 0 radical (unpaired) electrons. The standard InChI is InChI=1S/C35H47N7O5S2.ClH/c1-23(2)19-25-32-41-28(22-49-32)31(45)39-26(20-24-9-5-4-6-10-24)33-40-27(21-48-33)30(44)37-14-8-18-42(17-7-11-29(43)38-25)34(46)35(47-3)12-15-36-16-13-35;/h4-6,9-10,21-23,25-26,36H,7-8,11-20H2,1-3H3,(H,37,44)(H,38,43)(H,39,45);1H/t25-,26-;/m0./s1. The minimum Gasteiger partial charge on any atom is -0.368 e. The van der Waals surface area contributed by atoms with E-state index in [9.17, 15) is 19.2 Å². The van der Waals surface area contributed by atoms with Gasteiger partial charge in [0, 0.05) is 43.9 Å². The first-order valence-electron chi connectivity index (χ1n) is 17.1. The Morgan fingerprint density at radius 1 is 0.920 bits per heavy atom. The van der Waals surface area contributed by atoms with Crippen LogP contribution in [0.2, 0.25) is 0 Å². The van der Waals surface area contributed by atoms with Crippen molar-refractivity contribution in [2.45, 2.75) is 76.5 Å². The third-order valence-corrected chi connectivity index (χ3v) is 10.9. The summed E-state index contributed by atoms with van der Waals surface area (Å²) in [5, 5.41) is 17.2. The van der Waals surface area contributed by atoms with Gasteiger partial charge >= 0.3 is 0 Å². The van der Waals surface area contributed by atoms with Crippen LogP contribution in [0.5, 0.6) is 0 Å². The van der Waals surface area contributed by atoms with Crippen LogP contribution in [0.25, 0.3) is 0 Å². The molecule has 0 spiro atoms. The number of fused-ring (bicyclic) bond motifs is 4. The Kier molecular flexibility index (Phi) is 14.7. The molecule has 2 aliphatic heterocycles. The van der Waals surface area contributed by atoms with Gasteiger partial charge in [-0.2, -0.15) is 0 Å². The van der Waals surface area contributed by atoms with E-state index in [0.29, 0.717) is 81.3 Å². The van der Waals surface area contributed by atoms with Crippen molar-refractivity contribution in [3.8, 4) is 0 Å². The molecular formula is C35H48ClN7O5S2. The zero-order chi connectivity index (χ0) is 34.8. The maximum absolute atomic E-state index is 13.9. The van der Waals surface area contributed by atoms with Gasteiger partial charge in [-0.25, -0.2) is 9.97 Å². The van der Waals surface area contributed by atoms with Crippen molar-refractivity contribution in [1.29, 1.82) is 0 Å². The van der Waals surface area contributed by atoms with E-state index in [1.165, 1.54) is 22.7 Å². The molecule has 1 fully saturated rings. The number of piperidine rings is 1. The molecule has 0 unspecified atom stereocenters.